The molecule has 2 atom stereocenters. The van der Waals surface area contributed by atoms with Crippen molar-refractivity contribution < 1.29 is 18.4 Å². The van der Waals surface area contributed by atoms with Crippen LogP contribution in [0.5, 0.6) is 0 Å². The van der Waals surface area contributed by atoms with Crippen molar-refractivity contribution in [2.24, 2.45) is 0 Å². The maximum atomic E-state index is 14.0. The third-order valence-corrected chi connectivity index (χ3v) is 4.67. The fourth-order valence-electron chi connectivity index (χ4n) is 3.09. The third kappa shape index (κ3) is 5.20. The van der Waals surface area contributed by atoms with Gasteiger partial charge in [0, 0.05) is 18.2 Å². The lowest BCUT2D eigenvalue weighted by Crippen LogP contribution is -2.41. The topological polar surface area (TPSA) is 92.2 Å². The zero-order valence-corrected chi connectivity index (χ0v) is 16.7. The SMILES string of the molecule is CC(C)NC(=O)c1cn(C[C@@H]2C[C@H](F)CN2C(=O)Nc2ccc(F)c(Cl)c2)nn1. The highest BCUT2D eigenvalue weighted by atomic mass is 35.5. The van der Waals surface area contributed by atoms with Crippen LogP contribution in [0.2, 0.25) is 5.02 Å². The van der Waals surface area contributed by atoms with Gasteiger partial charge in [0.05, 0.1) is 30.4 Å². The maximum Gasteiger partial charge on any atom is 0.322 e. The fourth-order valence-corrected chi connectivity index (χ4v) is 3.27. The number of rotatable bonds is 5. The summed E-state index contributed by atoms with van der Waals surface area (Å²) in [4.78, 5) is 25.9. The summed E-state index contributed by atoms with van der Waals surface area (Å²) < 4.78 is 28.7. The van der Waals surface area contributed by atoms with E-state index in [1.165, 1.54) is 27.9 Å². The van der Waals surface area contributed by atoms with E-state index in [4.69, 9.17) is 11.6 Å². The van der Waals surface area contributed by atoms with Crippen molar-refractivity contribution in [2.75, 3.05) is 11.9 Å². The predicted molar refractivity (Wildman–Crippen MR) is 103 cm³/mol. The number of carbonyl (C=O) groups is 2. The van der Waals surface area contributed by atoms with Crippen LogP contribution in [0.4, 0.5) is 19.3 Å². The molecule has 0 aliphatic carbocycles. The first-order chi connectivity index (χ1) is 13.7. The lowest BCUT2D eigenvalue weighted by atomic mass is 10.2. The molecular weight excluding hydrogens is 406 g/mol. The van der Waals surface area contributed by atoms with E-state index >= 15 is 0 Å². The van der Waals surface area contributed by atoms with Crippen molar-refractivity contribution >= 4 is 29.2 Å². The molecule has 1 saturated heterocycles. The van der Waals surface area contributed by atoms with E-state index in [-0.39, 0.29) is 42.2 Å². The Kier molecular flexibility index (Phi) is 6.31. The van der Waals surface area contributed by atoms with E-state index in [1.54, 1.807) is 0 Å². The Morgan fingerprint density at radius 1 is 1.38 bits per heavy atom. The summed E-state index contributed by atoms with van der Waals surface area (Å²) in [6.45, 7) is 3.75. The largest absolute Gasteiger partial charge is 0.348 e. The minimum atomic E-state index is -1.19. The Morgan fingerprint density at radius 2 is 2.14 bits per heavy atom. The number of benzene rings is 1. The molecule has 0 spiro atoms. The Morgan fingerprint density at radius 3 is 2.83 bits per heavy atom. The summed E-state index contributed by atoms with van der Waals surface area (Å²) in [5.41, 5.74) is 0.446. The van der Waals surface area contributed by atoms with Gasteiger partial charge in [0.2, 0.25) is 0 Å². The van der Waals surface area contributed by atoms with Crippen LogP contribution in [0.15, 0.2) is 24.4 Å². The highest BCUT2D eigenvalue weighted by Gasteiger charge is 2.36. The zero-order valence-electron chi connectivity index (χ0n) is 15.9. The van der Waals surface area contributed by atoms with Gasteiger partial charge in [0.25, 0.3) is 5.91 Å². The van der Waals surface area contributed by atoms with Crippen molar-refractivity contribution in [3.8, 4) is 0 Å². The number of halogens is 3. The van der Waals surface area contributed by atoms with Crippen LogP contribution in [-0.4, -0.2) is 56.6 Å². The Labute approximate surface area is 171 Å². The van der Waals surface area contributed by atoms with Crippen LogP contribution in [0.1, 0.15) is 30.8 Å². The van der Waals surface area contributed by atoms with Gasteiger partial charge in [-0.15, -0.1) is 5.10 Å². The van der Waals surface area contributed by atoms with Crippen LogP contribution in [0.25, 0.3) is 0 Å². The molecule has 2 aromatic rings. The predicted octanol–water partition coefficient (Wildman–Crippen LogP) is 2.85. The minimum Gasteiger partial charge on any atom is -0.348 e. The van der Waals surface area contributed by atoms with E-state index < -0.39 is 24.1 Å². The van der Waals surface area contributed by atoms with E-state index in [0.29, 0.717) is 5.69 Å². The second-order valence-corrected chi connectivity index (χ2v) is 7.56. The Hall–Kier alpha value is -2.75. The molecule has 3 rings (SSSR count). The third-order valence-electron chi connectivity index (χ3n) is 4.38. The van der Waals surface area contributed by atoms with Gasteiger partial charge in [-0.2, -0.15) is 0 Å². The molecular formula is C18H21ClF2N6O2. The van der Waals surface area contributed by atoms with Crippen molar-refractivity contribution in [1.29, 1.82) is 0 Å². The van der Waals surface area contributed by atoms with E-state index in [0.717, 1.165) is 6.07 Å². The highest BCUT2D eigenvalue weighted by molar-refractivity contribution is 6.31. The highest BCUT2D eigenvalue weighted by Crippen LogP contribution is 2.24. The van der Waals surface area contributed by atoms with E-state index in [2.05, 4.69) is 20.9 Å². The molecule has 3 amide bonds. The van der Waals surface area contributed by atoms with Gasteiger partial charge in [-0.1, -0.05) is 16.8 Å². The number of likely N-dealkylation sites (tertiary alicyclic amines) is 1. The van der Waals surface area contributed by atoms with Gasteiger partial charge in [-0.3, -0.25) is 4.79 Å². The van der Waals surface area contributed by atoms with Crippen molar-refractivity contribution in [2.45, 2.75) is 45.1 Å². The molecule has 0 saturated carbocycles. The lowest BCUT2D eigenvalue weighted by Gasteiger charge is -2.24. The van der Waals surface area contributed by atoms with Gasteiger partial charge >= 0.3 is 6.03 Å². The molecule has 2 heterocycles. The number of carbonyl (C=O) groups excluding carboxylic acids is 2. The quantitative estimate of drug-likeness (QED) is 0.769. The molecule has 1 aliphatic rings. The first kappa shape index (κ1) is 21.0. The smallest absolute Gasteiger partial charge is 0.322 e. The monoisotopic (exact) mass is 426 g/mol. The summed E-state index contributed by atoms with van der Waals surface area (Å²) in [6, 6.07) is 2.72. The molecule has 2 N–H and O–H groups in total. The number of amides is 3. The van der Waals surface area contributed by atoms with Gasteiger partial charge in [0.15, 0.2) is 5.69 Å². The average Bonchev–Trinajstić information content (AvgIpc) is 3.24. The average molecular weight is 427 g/mol. The standard InChI is InChI=1S/C18H21ClF2N6O2/c1-10(2)22-17(28)16-9-26(25-24-16)8-13-5-11(20)7-27(13)18(29)23-12-3-4-15(21)14(19)6-12/h3-4,6,9-11,13H,5,7-8H2,1-2H3,(H,22,28)(H,23,29)/t11-,13-/m0/s1. The summed E-state index contributed by atoms with van der Waals surface area (Å²) in [6.07, 6.45) is 0.402. The normalized spacial score (nSPS) is 18.9. The van der Waals surface area contributed by atoms with Gasteiger partial charge in [-0.05, 0) is 32.0 Å². The van der Waals surface area contributed by atoms with Crippen molar-refractivity contribution in [3.05, 3.63) is 40.9 Å². The number of nitrogens with one attached hydrogen (secondary N) is 2. The van der Waals surface area contributed by atoms with Crippen molar-refractivity contribution in [1.82, 2.24) is 25.2 Å². The summed E-state index contributed by atoms with van der Waals surface area (Å²) in [5.74, 6) is -0.958. The Balaban J connectivity index is 1.67. The van der Waals surface area contributed by atoms with Crippen LogP contribution >= 0.6 is 11.6 Å². The molecule has 0 radical (unpaired) electrons. The number of urea groups is 1. The Bertz CT molecular complexity index is 906. The number of alkyl halides is 1. The number of anilines is 1. The lowest BCUT2D eigenvalue weighted by molar-refractivity contribution is 0.0938. The number of hydrogen-bond acceptors (Lipinski definition) is 4. The first-order valence-electron chi connectivity index (χ1n) is 9.10. The number of aromatic nitrogens is 3. The van der Waals surface area contributed by atoms with Crippen LogP contribution < -0.4 is 10.6 Å². The summed E-state index contributed by atoms with van der Waals surface area (Å²) in [5, 5.41) is 12.9. The first-order valence-corrected chi connectivity index (χ1v) is 9.48. The van der Waals surface area contributed by atoms with Crippen molar-refractivity contribution in [3.63, 3.8) is 0 Å². The fraction of sp³-hybridized carbons (Fsp3) is 0.444. The summed E-state index contributed by atoms with van der Waals surface area (Å²) in [7, 11) is 0. The molecule has 11 heteroatoms. The number of hydrogen-bond donors (Lipinski definition) is 2. The maximum absolute atomic E-state index is 14.0. The molecule has 1 aliphatic heterocycles. The molecule has 1 aromatic carbocycles. The molecule has 29 heavy (non-hydrogen) atoms. The second-order valence-electron chi connectivity index (χ2n) is 7.15. The van der Waals surface area contributed by atoms with Crippen LogP contribution in [0, 0.1) is 5.82 Å². The molecule has 156 valence electrons. The molecule has 1 fully saturated rings. The van der Waals surface area contributed by atoms with E-state index in [1.807, 2.05) is 13.8 Å². The molecule has 0 unspecified atom stereocenters. The van der Waals surface area contributed by atoms with Gasteiger partial charge in [0.1, 0.15) is 12.0 Å². The van der Waals surface area contributed by atoms with E-state index in [9.17, 15) is 18.4 Å². The second kappa shape index (κ2) is 8.73. The van der Waals surface area contributed by atoms with Gasteiger partial charge in [-0.25, -0.2) is 18.3 Å². The number of nitrogens with zero attached hydrogens (tertiary/aromatic N) is 4. The van der Waals surface area contributed by atoms with Crippen LogP contribution in [-0.2, 0) is 6.54 Å². The van der Waals surface area contributed by atoms with Gasteiger partial charge < -0.3 is 15.5 Å². The zero-order chi connectivity index (χ0) is 21.1. The molecule has 1 aromatic heterocycles. The summed E-state index contributed by atoms with van der Waals surface area (Å²) >= 11 is 5.72. The minimum absolute atomic E-state index is 0.0473. The van der Waals surface area contributed by atoms with Crippen LogP contribution in [0.3, 0.4) is 0 Å². The molecule has 0 bridgehead atoms. The molecule has 8 nitrogen and oxygen atoms in total.